The number of hydrogen-bond acceptors (Lipinski definition) is 4. The molecule has 1 atom stereocenters. The number of esters is 1. The van der Waals surface area contributed by atoms with Gasteiger partial charge in [0.15, 0.2) is 5.57 Å². The van der Waals surface area contributed by atoms with Crippen molar-refractivity contribution in [1.29, 1.82) is 5.26 Å². The number of carbonyl (C=O) groups excluding carboxylic acids is 2. The molecule has 1 aromatic carbocycles. The van der Waals surface area contributed by atoms with Crippen molar-refractivity contribution in [2.45, 2.75) is 45.6 Å². The molecule has 0 radical (unpaired) electrons. The van der Waals surface area contributed by atoms with E-state index in [-0.39, 0.29) is 29.2 Å². The van der Waals surface area contributed by atoms with Crippen LogP contribution in [0.25, 0.3) is 5.57 Å². The van der Waals surface area contributed by atoms with Crippen molar-refractivity contribution in [2.75, 3.05) is 11.5 Å². The second-order valence-electron chi connectivity index (χ2n) is 6.88. The van der Waals surface area contributed by atoms with Crippen LogP contribution >= 0.6 is 0 Å². The highest BCUT2D eigenvalue weighted by atomic mass is 16.5. The number of ether oxygens (including phenoxy) is 1. The van der Waals surface area contributed by atoms with Crippen molar-refractivity contribution < 1.29 is 14.3 Å². The SMILES string of the molecule is CCOC(=O)C(C#N)=C1C(=O)N2c3c1cccc3C(C)CC2(C)C. The summed E-state index contributed by atoms with van der Waals surface area (Å²) >= 11 is 0. The van der Waals surface area contributed by atoms with E-state index >= 15 is 0 Å². The van der Waals surface area contributed by atoms with Gasteiger partial charge in [0.05, 0.1) is 17.9 Å². The second kappa shape index (κ2) is 5.48. The standard InChI is InChI=1S/C19H20N2O3/c1-5-24-18(23)14(10-20)15-13-8-6-7-12-11(2)9-19(3,4)21(16(12)13)17(15)22/h6-8,11H,5,9H2,1-4H3. The third kappa shape index (κ3) is 2.14. The zero-order valence-corrected chi connectivity index (χ0v) is 14.3. The van der Waals surface area contributed by atoms with Crippen molar-refractivity contribution in [2.24, 2.45) is 0 Å². The molecular weight excluding hydrogens is 304 g/mol. The number of carbonyl (C=O) groups is 2. The molecule has 1 aromatic rings. The zero-order valence-electron chi connectivity index (χ0n) is 14.3. The predicted molar refractivity (Wildman–Crippen MR) is 90.2 cm³/mol. The van der Waals surface area contributed by atoms with Gasteiger partial charge in [0.2, 0.25) is 0 Å². The quantitative estimate of drug-likeness (QED) is 0.476. The molecule has 2 heterocycles. The van der Waals surface area contributed by atoms with Crippen LogP contribution in [0.3, 0.4) is 0 Å². The lowest BCUT2D eigenvalue weighted by molar-refractivity contribution is -0.138. The normalized spacial score (nSPS) is 22.7. The first kappa shape index (κ1) is 16.3. The lowest BCUT2D eigenvalue weighted by Crippen LogP contribution is -2.49. The minimum atomic E-state index is -0.744. The Kier molecular flexibility index (Phi) is 3.71. The molecule has 5 heteroatoms. The van der Waals surface area contributed by atoms with Crippen LogP contribution in [0.4, 0.5) is 5.69 Å². The zero-order chi connectivity index (χ0) is 17.6. The predicted octanol–water partition coefficient (Wildman–Crippen LogP) is 3.16. The molecule has 0 fully saturated rings. The largest absolute Gasteiger partial charge is 0.462 e. The average molecular weight is 324 g/mol. The van der Waals surface area contributed by atoms with Gasteiger partial charge in [0.25, 0.3) is 5.91 Å². The average Bonchev–Trinajstić information content (AvgIpc) is 2.80. The van der Waals surface area contributed by atoms with E-state index in [1.807, 2.05) is 32.0 Å². The van der Waals surface area contributed by atoms with Crippen LogP contribution in [0, 0.1) is 11.3 Å². The molecule has 0 bridgehead atoms. The highest BCUT2D eigenvalue weighted by molar-refractivity contribution is 6.37. The van der Waals surface area contributed by atoms with Gasteiger partial charge in [-0.1, -0.05) is 25.1 Å². The van der Waals surface area contributed by atoms with Gasteiger partial charge in [-0.05, 0) is 38.7 Å². The molecule has 2 aliphatic rings. The molecule has 0 aromatic heterocycles. The van der Waals surface area contributed by atoms with E-state index in [9.17, 15) is 14.9 Å². The van der Waals surface area contributed by atoms with Crippen molar-refractivity contribution in [3.05, 3.63) is 34.9 Å². The molecule has 124 valence electrons. The van der Waals surface area contributed by atoms with Crippen LogP contribution in [0.5, 0.6) is 0 Å². The number of para-hydroxylation sites is 1. The Morgan fingerprint density at radius 1 is 1.46 bits per heavy atom. The van der Waals surface area contributed by atoms with Gasteiger partial charge in [0.1, 0.15) is 6.07 Å². The molecule has 0 spiro atoms. The molecule has 0 aliphatic carbocycles. The Hall–Kier alpha value is -2.61. The molecule has 0 N–H and O–H groups in total. The number of nitrogens with zero attached hydrogens (tertiary/aromatic N) is 2. The molecule has 0 saturated carbocycles. The summed E-state index contributed by atoms with van der Waals surface area (Å²) < 4.78 is 4.97. The fourth-order valence-electron chi connectivity index (χ4n) is 3.92. The van der Waals surface area contributed by atoms with Crippen LogP contribution in [-0.4, -0.2) is 24.0 Å². The van der Waals surface area contributed by atoms with Gasteiger partial charge in [-0.15, -0.1) is 0 Å². The summed E-state index contributed by atoms with van der Waals surface area (Å²) in [6.07, 6.45) is 0.823. The minimum absolute atomic E-state index is 0.157. The molecule has 2 aliphatic heterocycles. The third-order valence-electron chi connectivity index (χ3n) is 4.76. The van der Waals surface area contributed by atoms with Crippen molar-refractivity contribution in [3.8, 4) is 6.07 Å². The minimum Gasteiger partial charge on any atom is -0.462 e. The molecule has 1 unspecified atom stereocenters. The van der Waals surface area contributed by atoms with Crippen molar-refractivity contribution in [3.63, 3.8) is 0 Å². The monoisotopic (exact) mass is 324 g/mol. The van der Waals surface area contributed by atoms with Crippen LogP contribution in [0.1, 0.15) is 51.2 Å². The number of benzene rings is 1. The Balaban J connectivity index is 2.31. The van der Waals surface area contributed by atoms with Gasteiger partial charge < -0.3 is 9.64 Å². The number of nitriles is 1. The molecule has 1 amide bonds. The fraction of sp³-hybridized carbons (Fsp3) is 0.421. The van der Waals surface area contributed by atoms with Crippen molar-refractivity contribution >= 4 is 23.1 Å². The third-order valence-corrected chi connectivity index (χ3v) is 4.76. The van der Waals surface area contributed by atoms with E-state index in [0.717, 1.165) is 17.7 Å². The first-order valence-electron chi connectivity index (χ1n) is 8.12. The summed E-state index contributed by atoms with van der Waals surface area (Å²) in [5.41, 5.74) is 2.13. The Morgan fingerprint density at radius 2 is 2.17 bits per heavy atom. The summed E-state index contributed by atoms with van der Waals surface area (Å²) in [6.45, 7) is 7.99. The van der Waals surface area contributed by atoms with Gasteiger partial charge in [-0.2, -0.15) is 5.26 Å². The molecular formula is C19H20N2O3. The molecule has 24 heavy (non-hydrogen) atoms. The van der Waals surface area contributed by atoms with Crippen LogP contribution < -0.4 is 4.90 Å². The van der Waals surface area contributed by atoms with Crippen LogP contribution in [-0.2, 0) is 14.3 Å². The van der Waals surface area contributed by atoms with Gasteiger partial charge in [-0.3, -0.25) is 4.79 Å². The van der Waals surface area contributed by atoms with Gasteiger partial charge >= 0.3 is 5.97 Å². The second-order valence-corrected chi connectivity index (χ2v) is 6.88. The summed E-state index contributed by atoms with van der Waals surface area (Å²) in [5, 5.41) is 9.47. The highest BCUT2D eigenvalue weighted by Crippen LogP contribution is 2.52. The fourth-order valence-corrected chi connectivity index (χ4v) is 3.92. The number of amides is 1. The maximum atomic E-state index is 13.1. The number of hydrogen-bond donors (Lipinski definition) is 0. The van der Waals surface area contributed by atoms with Crippen LogP contribution in [0.15, 0.2) is 23.8 Å². The van der Waals surface area contributed by atoms with E-state index in [1.165, 1.54) is 0 Å². The number of rotatable bonds is 2. The van der Waals surface area contributed by atoms with E-state index in [4.69, 9.17) is 4.74 Å². The van der Waals surface area contributed by atoms with E-state index in [0.29, 0.717) is 11.5 Å². The smallest absolute Gasteiger partial charge is 0.349 e. The van der Waals surface area contributed by atoms with Gasteiger partial charge in [-0.25, -0.2) is 4.79 Å². The Labute approximate surface area is 141 Å². The lowest BCUT2D eigenvalue weighted by Gasteiger charge is -2.43. The summed E-state index contributed by atoms with van der Waals surface area (Å²) in [6, 6.07) is 7.57. The Bertz CT molecular complexity index is 814. The first-order chi connectivity index (χ1) is 11.3. The van der Waals surface area contributed by atoms with Crippen LogP contribution in [0.2, 0.25) is 0 Å². The van der Waals surface area contributed by atoms with Crippen molar-refractivity contribution in [1.82, 2.24) is 0 Å². The maximum absolute atomic E-state index is 13.1. The number of anilines is 1. The maximum Gasteiger partial charge on any atom is 0.349 e. The van der Waals surface area contributed by atoms with E-state index in [1.54, 1.807) is 17.9 Å². The summed E-state index contributed by atoms with van der Waals surface area (Å²) in [4.78, 5) is 27.0. The summed E-state index contributed by atoms with van der Waals surface area (Å²) in [7, 11) is 0. The first-order valence-corrected chi connectivity index (χ1v) is 8.12. The summed E-state index contributed by atoms with van der Waals surface area (Å²) in [5.74, 6) is -0.739. The molecule has 0 saturated heterocycles. The topological polar surface area (TPSA) is 70.4 Å². The highest BCUT2D eigenvalue weighted by Gasteiger charge is 2.48. The molecule has 5 nitrogen and oxygen atoms in total. The van der Waals surface area contributed by atoms with E-state index < -0.39 is 5.97 Å². The molecule has 3 rings (SSSR count). The van der Waals surface area contributed by atoms with Gasteiger partial charge in [0, 0.05) is 11.1 Å². The van der Waals surface area contributed by atoms with E-state index in [2.05, 4.69) is 6.92 Å². The Morgan fingerprint density at radius 3 is 2.79 bits per heavy atom. The lowest BCUT2D eigenvalue weighted by atomic mass is 9.80.